The Kier molecular flexibility index (Phi) is 8.35. The molecule has 0 aliphatic heterocycles. The second-order valence-electron chi connectivity index (χ2n) is 10.6. The number of aryl methyl sites for hydroxylation is 1. The fourth-order valence-electron chi connectivity index (χ4n) is 4.69. The molecule has 3 N–H and O–H groups in total. The lowest BCUT2D eigenvalue weighted by Crippen LogP contribution is -2.45. The van der Waals surface area contributed by atoms with Gasteiger partial charge in [0.15, 0.2) is 0 Å². The minimum atomic E-state index is -1.33. The summed E-state index contributed by atoms with van der Waals surface area (Å²) in [5.74, 6) is -2.06. The largest absolute Gasteiger partial charge is 0.465 e. The molecule has 3 amide bonds. The molecule has 0 heterocycles. The van der Waals surface area contributed by atoms with Crippen LogP contribution in [-0.4, -0.2) is 32.9 Å². The van der Waals surface area contributed by atoms with Gasteiger partial charge in [0.1, 0.15) is 4.33 Å². The van der Waals surface area contributed by atoms with Crippen molar-refractivity contribution in [2.45, 2.75) is 43.5 Å². The molecule has 1 aliphatic rings. The second-order valence-corrected chi connectivity index (χ2v) is 13.0. The van der Waals surface area contributed by atoms with E-state index in [-0.39, 0.29) is 0 Å². The van der Waals surface area contributed by atoms with Gasteiger partial charge in [-0.3, -0.25) is 14.5 Å². The van der Waals surface area contributed by atoms with E-state index in [0.717, 1.165) is 0 Å². The smallest absolute Gasteiger partial charge is 0.412 e. The third-order valence-electron chi connectivity index (χ3n) is 6.55. The van der Waals surface area contributed by atoms with Crippen LogP contribution in [0.1, 0.15) is 48.2 Å². The molecule has 3 aromatic rings. The highest BCUT2D eigenvalue weighted by Gasteiger charge is 2.67. The van der Waals surface area contributed by atoms with E-state index in [4.69, 9.17) is 46.4 Å². The molecule has 1 saturated carbocycles. The molecular formula is C29H27Cl4N3O4. The maximum atomic E-state index is 13.1. The van der Waals surface area contributed by atoms with Crippen molar-refractivity contribution in [3.8, 4) is 0 Å². The number of hydrogen-bond donors (Lipinski definition) is 3. The van der Waals surface area contributed by atoms with E-state index in [1.165, 1.54) is 4.90 Å². The van der Waals surface area contributed by atoms with Gasteiger partial charge in [-0.1, -0.05) is 29.3 Å². The van der Waals surface area contributed by atoms with E-state index in [1.807, 2.05) is 0 Å². The molecule has 7 nitrogen and oxygen atoms in total. The van der Waals surface area contributed by atoms with Gasteiger partial charge in [0.2, 0.25) is 5.91 Å². The van der Waals surface area contributed by atoms with Gasteiger partial charge in [-0.2, -0.15) is 0 Å². The quantitative estimate of drug-likeness (QED) is 0.241. The molecule has 0 aromatic heterocycles. The molecule has 0 saturated heterocycles. The van der Waals surface area contributed by atoms with E-state index in [0.29, 0.717) is 43.8 Å². The first-order valence-corrected chi connectivity index (χ1v) is 13.8. The zero-order chi connectivity index (χ0) is 29.6. The van der Waals surface area contributed by atoms with Gasteiger partial charge in [0, 0.05) is 44.1 Å². The first-order chi connectivity index (χ1) is 18.6. The van der Waals surface area contributed by atoms with Gasteiger partial charge < -0.3 is 15.7 Å². The monoisotopic (exact) mass is 621 g/mol. The van der Waals surface area contributed by atoms with Crippen molar-refractivity contribution in [3.63, 3.8) is 0 Å². The lowest BCUT2D eigenvalue weighted by Gasteiger charge is -2.33. The minimum absolute atomic E-state index is 0.306. The van der Waals surface area contributed by atoms with E-state index in [9.17, 15) is 19.5 Å². The number of nitrogens with zero attached hydrogens (tertiary/aromatic N) is 1. The van der Waals surface area contributed by atoms with Gasteiger partial charge >= 0.3 is 6.09 Å². The van der Waals surface area contributed by atoms with Gasteiger partial charge in [0.25, 0.3) is 5.91 Å². The first-order valence-electron chi connectivity index (χ1n) is 12.3. The van der Waals surface area contributed by atoms with Crippen molar-refractivity contribution in [1.29, 1.82) is 0 Å². The number of alkyl halides is 2. The maximum Gasteiger partial charge on any atom is 0.412 e. The highest BCUT2D eigenvalue weighted by Crippen LogP contribution is 2.65. The van der Waals surface area contributed by atoms with E-state index in [1.54, 1.807) is 88.4 Å². The van der Waals surface area contributed by atoms with Crippen LogP contribution in [0.5, 0.6) is 0 Å². The van der Waals surface area contributed by atoms with Crippen molar-refractivity contribution < 1.29 is 19.5 Å². The molecule has 0 spiro atoms. The SMILES string of the molecule is Cc1cc(N(C(=O)O)C(C)(C)C)ccc1NC(=O)c1cccc(NC(=O)C2C(c3cc(Cl)cc(Cl)c3)C2(Cl)Cl)c1. The maximum absolute atomic E-state index is 13.1. The average molecular weight is 623 g/mol. The van der Waals surface area contributed by atoms with Gasteiger partial charge in [-0.25, -0.2) is 4.79 Å². The number of carbonyl (C=O) groups is 3. The summed E-state index contributed by atoms with van der Waals surface area (Å²) >= 11 is 25.1. The van der Waals surface area contributed by atoms with Crippen molar-refractivity contribution in [1.82, 2.24) is 0 Å². The predicted octanol–water partition coefficient (Wildman–Crippen LogP) is 8.36. The molecule has 210 valence electrons. The molecule has 4 rings (SSSR count). The summed E-state index contributed by atoms with van der Waals surface area (Å²) in [5, 5.41) is 16.1. The topological polar surface area (TPSA) is 98.7 Å². The summed E-state index contributed by atoms with van der Waals surface area (Å²) in [5.41, 5.74) is 2.41. The van der Waals surface area contributed by atoms with Crippen LogP contribution in [0.4, 0.5) is 21.9 Å². The van der Waals surface area contributed by atoms with Crippen molar-refractivity contribution in [3.05, 3.63) is 87.4 Å². The summed E-state index contributed by atoms with van der Waals surface area (Å²) in [4.78, 5) is 39.2. The molecular weight excluding hydrogens is 596 g/mol. The van der Waals surface area contributed by atoms with Gasteiger partial charge in [-0.05, 0) is 93.4 Å². The third kappa shape index (κ3) is 6.33. The van der Waals surface area contributed by atoms with Crippen molar-refractivity contribution >= 4 is 81.4 Å². The van der Waals surface area contributed by atoms with Crippen LogP contribution in [0.2, 0.25) is 10.0 Å². The predicted molar refractivity (Wildman–Crippen MR) is 162 cm³/mol. The summed E-state index contributed by atoms with van der Waals surface area (Å²) in [6.45, 7) is 7.18. The lowest BCUT2D eigenvalue weighted by molar-refractivity contribution is -0.117. The highest BCUT2D eigenvalue weighted by atomic mass is 35.5. The summed E-state index contributed by atoms with van der Waals surface area (Å²) in [6.07, 6.45) is -1.07. The number of rotatable bonds is 6. The Bertz CT molecular complexity index is 1480. The first kappa shape index (κ1) is 30.0. The number of amides is 3. The Balaban J connectivity index is 1.47. The Labute approximate surface area is 252 Å². The Morgan fingerprint density at radius 1 is 0.925 bits per heavy atom. The number of carboxylic acid groups (broad SMARTS) is 1. The number of anilines is 3. The van der Waals surface area contributed by atoms with Crippen molar-refractivity contribution in [2.24, 2.45) is 5.92 Å². The summed E-state index contributed by atoms with van der Waals surface area (Å²) < 4.78 is -1.33. The molecule has 0 bridgehead atoms. The molecule has 40 heavy (non-hydrogen) atoms. The van der Waals surface area contributed by atoms with Crippen LogP contribution in [-0.2, 0) is 4.79 Å². The lowest BCUT2D eigenvalue weighted by atomic mass is 10.0. The number of benzene rings is 3. The minimum Gasteiger partial charge on any atom is -0.465 e. The van der Waals surface area contributed by atoms with Crippen molar-refractivity contribution in [2.75, 3.05) is 15.5 Å². The molecule has 11 heteroatoms. The van der Waals surface area contributed by atoms with Gasteiger partial charge in [-0.15, -0.1) is 23.2 Å². The molecule has 1 fully saturated rings. The van der Waals surface area contributed by atoms with Crippen LogP contribution in [0.25, 0.3) is 0 Å². The molecule has 0 radical (unpaired) electrons. The Morgan fingerprint density at radius 2 is 1.57 bits per heavy atom. The molecule has 2 atom stereocenters. The van der Waals surface area contributed by atoms with Crippen LogP contribution in [0.3, 0.4) is 0 Å². The second kappa shape index (κ2) is 11.1. The molecule has 2 unspecified atom stereocenters. The molecule has 1 aliphatic carbocycles. The number of hydrogen-bond acceptors (Lipinski definition) is 3. The highest BCUT2D eigenvalue weighted by molar-refractivity contribution is 6.53. The third-order valence-corrected chi connectivity index (χ3v) is 7.93. The number of carbonyl (C=O) groups excluding carboxylic acids is 2. The van der Waals surface area contributed by atoms with E-state index >= 15 is 0 Å². The average Bonchev–Trinajstić information content (AvgIpc) is 3.41. The molecule has 3 aromatic carbocycles. The Morgan fingerprint density at radius 3 is 2.15 bits per heavy atom. The van der Waals surface area contributed by atoms with Crippen LogP contribution in [0.15, 0.2) is 60.7 Å². The van der Waals surface area contributed by atoms with Crippen LogP contribution in [0, 0.1) is 12.8 Å². The zero-order valence-corrected chi connectivity index (χ0v) is 25.1. The summed E-state index contributed by atoms with van der Waals surface area (Å²) in [7, 11) is 0. The summed E-state index contributed by atoms with van der Waals surface area (Å²) in [6, 6.07) is 16.4. The number of nitrogens with one attached hydrogen (secondary N) is 2. The van der Waals surface area contributed by atoms with E-state index < -0.39 is 39.6 Å². The van der Waals surface area contributed by atoms with Crippen LogP contribution >= 0.6 is 46.4 Å². The van der Waals surface area contributed by atoms with E-state index in [2.05, 4.69) is 10.6 Å². The fourth-order valence-corrected chi connectivity index (χ4v) is 6.06. The Hall–Kier alpha value is -2.97. The fraction of sp³-hybridized carbons (Fsp3) is 0.276. The van der Waals surface area contributed by atoms with Crippen LogP contribution < -0.4 is 15.5 Å². The normalized spacial score (nSPS) is 17.6. The van der Waals surface area contributed by atoms with Gasteiger partial charge in [0.05, 0.1) is 5.92 Å². The standard InChI is InChI=1S/C29H27Cl4N3O4/c1-15-10-21(36(27(39)40)28(2,3)4)8-9-22(15)35-25(37)16-6-5-7-20(13-16)34-26(38)24-23(29(24,32)33)17-11-18(30)14-19(31)12-17/h5-14,23-24H,1-4H3,(H,34,38)(H,35,37)(H,39,40). The zero-order valence-electron chi connectivity index (χ0n) is 22.1. The number of halogens is 4.